The molecule has 7 nitrogen and oxygen atoms in total. The zero-order valence-electron chi connectivity index (χ0n) is 18.1. The molecule has 0 radical (unpaired) electrons. The lowest BCUT2D eigenvalue weighted by Crippen LogP contribution is -2.36. The summed E-state index contributed by atoms with van der Waals surface area (Å²) in [7, 11) is 1.72. The third kappa shape index (κ3) is 5.00. The Hall–Kier alpha value is -4.00. The summed E-state index contributed by atoms with van der Waals surface area (Å²) in [5.41, 5.74) is 3.57. The number of aliphatic imine (C=N–C) groups is 1. The third-order valence-electron chi connectivity index (χ3n) is 5.23. The molecule has 0 aliphatic carbocycles. The highest BCUT2D eigenvalue weighted by Gasteiger charge is 2.11. The topological polar surface area (TPSA) is 91.8 Å². The van der Waals surface area contributed by atoms with E-state index in [1.54, 1.807) is 25.4 Å². The number of nitrogens with one attached hydrogen (secondary N) is 3. The van der Waals surface area contributed by atoms with Crippen molar-refractivity contribution in [3.63, 3.8) is 0 Å². The number of hydrogen-bond acceptors (Lipinski definition) is 4. The zero-order chi connectivity index (χ0) is 22.3. The number of furan rings is 2. The molecule has 4 aromatic rings. The van der Waals surface area contributed by atoms with Crippen molar-refractivity contribution in [3.8, 4) is 0 Å². The summed E-state index contributed by atoms with van der Waals surface area (Å²) in [4.78, 5) is 16.7. The molecule has 0 spiro atoms. The van der Waals surface area contributed by atoms with Crippen molar-refractivity contribution >= 4 is 22.8 Å². The van der Waals surface area contributed by atoms with E-state index < -0.39 is 0 Å². The Morgan fingerprint density at radius 3 is 2.56 bits per heavy atom. The number of carbonyl (C=O) groups is 1. The molecule has 2 heterocycles. The van der Waals surface area contributed by atoms with Gasteiger partial charge in [-0.25, -0.2) is 0 Å². The molecule has 164 valence electrons. The lowest BCUT2D eigenvalue weighted by atomic mass is 10.1. The zero-order valence-corrected chi connectivity index (χ0v) is 18.1. The van der Waals surface area contributed by atoms with Crippen molar-refractivity contribution < 1.29 is 13.6 Å². The van der Waals surface area contributed by atoms with E-state index >= 15 is 0 Å². The van der Waals surface area contributed by atoms with E-state index in [1.807, 2.05) is 42.5 Å². The summed E-state index contributed by atoms with van der Waals surface area (Å²) >= 11 is 0. The van der Waals surface area contributed by atoms with Crippen LogP contribution in [0, 0.1) is 6.92 Å². The predicted octanol–water partition coefficient (Wildman–Crippen LogP) is 4.13. The van der Waals surface area contributed by atoms with Gasteiger partial charge in [0.05, 0.1) is 19.4 Å². The molecule has 32 heavy (non-hydrogen) atoms. The van der Waals surface area contributed by atoms with Gasteiger partial charge in [-0.15, -0.1) is 0 Å². The van der Waals surface area contributed by atoms with E-state index in [1.165, 1.54) is 0 Å². The fraction of sp³-hybridized carbons (Fsp3) is 0.200. The van der Waals surface area contributed by atoms with Crippen LogP contribution in [0.1, 0.15) is 33.0 Å². The Kier molecular flexibility index (Phi) is 6.55. The first-order valence-corrected chi connectivity index (χ1v) is 10.4. The van der Waals surface area contributed by atoms with Gasteiger partial charge in [0.2, 0.25) is 0 Å². The second-order valence-corrected chi connectivity index (χ2v) is 7.39. The SMILES string of the molecule is CN=C(NCc1cccc(C(=O)NCc2ccco2)c1)NCc1oc2ccccc2c1C. The second-order valence-electron chi connectivity index (χ2n) is 7.39. The average Bonchev–Trinajstić information content (AvgIpc) is 3.46. The van der Waals surface area contributed by atoms with Crippen LogP contribution in [0.2, 0.25) is 0 Å². The van der Waals surface area contributed by atoms with E-state index in [2.05, 4.69) is 33.9 Å². The number of amides is 1. The molecule has 0 aliphatic heterocycles. The maximum atomic E-state index is 12.4. The van der Waals surface area contributed by atoms with Crippen molar-refractivity contribution in [3.05, 3.63) is 95.1 Å². The number of carbonyl (C=O) groups excluding carboxylic acids is 1. The summed E-state index contributed by atoms with van der Waals surface area (Å²) in [5.74, 6) is 2.10. The van der Waals surface area contributed by atoms with Gasteiger partial charge in [-0.1, -0.05) is 30.3 Å². The molecule has 0 atom stereocenters. The highest BCUT2D eigenvalue weighted by Crippen LogP contribution is 2.24. The molecule has 0 bridgehead atoms. The van der Waals surface area contributed by atoms with Gasteiger partial charge in [0.15, 0.2) is 5.96 Å². The van der Waals surface area contributed by atoms with Gasteiger partial charge in [0, 0.05) is 30.1 Å². The van der Waals surface area contributed by atoms with Crippen LogP contribution in [0.25, 0.3) is 11.0 Å². The summed E-state index contributed by atoms with van der Waals surface area (Å²) in [6.45, 7) is 3.46. The molecule has 0 aliphatic rings. The standard InChI is InChI=1S/C25H26N4O3/c1-17-21-10-3-4-11-22(21)32-23(17)16-29-25(26-2)28-14-18-7-5-8-19(13-18)24(30)27-15-20-9-6-12-31-20/h3-13H,14-16H2,1-2H3,(H,27,30)(H2,26,28,29). The lowest BCUT2D eigenvalue weighted by Gasteiger charge is -2.12. The van der Waals surface area contributed by atoms with Gasteiger partial charge in [0.1, 0.15) is 17.1 Å². The van der Waals surface area contributed by atoms with Gasteiger partial charge in [-0.2, -0.15) is 0 Å². The smallest absolute Gasteiger partial charge is 0.251 e. The fourth-order valence-corrected chi connectivity index (χ4v) is 3.47. The van der Waals surface area contributed by atoms with Gasteiger partial charge < -0.3 is 24.8 Å². The number of nitrogens with zero attached hydrogens (tertiary/aromatic N) is 1. The van der Waals surface area contributed by atoms with Gasteiger partial charge >= 0.3 is 0 Å². The molecule has 0 unspecified atom stereocenters. The summed E-state index contributed by atoms with van der Waals surface area (Å²) in [5, 5.41) is 10.5. The van der Waals surface area contributed by atoms with Crippen LogP contribution in [0.3, 0.4) is 0 Å². The van der Waals surface area contributed by atoms with Crippen molar-refractivity contribution in [2.45, 2.75) is 26.6 Å². The van der Waals surface area contributed by atoms with Crippen LogP contribution >= 0.6 is 0 Å². The van der Waals surface area contributed by atoms with Crippen LogP contribution in [0.15, 0.2) is 80.8 Å². The van der Waals surface area contributed by atoms with Crippen LogP contribution in [-0.2, 0) is 19.6 Å². The predicted molar refractivity (Wildman–Crippen MR) is 124 cm³/mol. The minimum absolute atomic E-state index is 0.147. The monoisotopic (exact) mass is 430 g/mol. The normalized spacial score (nSPS) is 11.5. The van der Waals surface area contributed by atoms with Gasteiger partial charge in [-0.3, -0.25) is 9.79 Å². The highest BCUT2D eigenvalue weighted by molar-refractivity contribution is 5.94. The van der Waals surface area contributed by atoms with E-state index in [4.69, 9.17) is 8.83 Å². The van der Waals surface area contributed by atoms with Crippen molar-refractivity contribution in [2.75, 3.05) is 7.05 Å². The Morgan fingerprint density at radius 1 is 0.938 bits per heavy atom. The minimum atomic E-state index is -0.147. The molecule has 4 rings (SSSR count). The largest absolute Gasteiger partial charge is 0.467 e. The highest BCUT2D eigenvalue weighted by atomic mass is 16.3. The number of hydrogen-bond donors (Lipinski definition) is 3. The van der Waals surface area contributed by atoms with Crippen LogP contribution in [0.4, 0.5) is 0 Å². The van der Waals surface area contributed by atoms with Gasteiger partial charge in [0.25, 0.3) is 5.91 Å². The van der Waals surface area contributed by atoms with Crippen LogP contribution < -0.4 is 16.0 Å². The van der Waals surface area contributed by atoms with Crippen LogP contribution in [-0.4, -0.2) is 18.9 Å². The van der Waals surface area contributed by atoms with Crippen LogP contribution in [0.5, 0.6) is 0 Å². The second kappa shape index (κ2) is 9.87. The number of para-hydroxylation sites is 1. The molecule has 0 saturated heterocycles. The first kappa shape index (κ1) is 21.2. The molecule has 2 aromatic carbocycles. The fourth-order valence-electron chi connectivity index (χ4n) is 3.47. The van der Waals surface area contributed by atoms with E-state index in [0.29, 0.717) is 36.9 Å². The maximum Gasteiger partial charge on any atom is 0.251 e. The molecular weight excluding hydrogens is 404 g/mol. The summed E-state index contributed by atoms with van der Waals surface area (Å²) in [6, 6.07) is 19.1. The Labute approximate surface area is 186 Å². The summed E-state index contributed by atoms with van der Waals surface area (Å²) in [6.07, 6.45) is 1.59. The first-order valence-electron chi connectivity index (χ1n) is 10.4. The Balaban J connectivity index is 1.32. The molecule has 2 aromatic heterocycles. The molecule has 7 heteroatoms. The van der Waals surface area contributed by atoms with Crippen molar-refractivity contribution in [2.24, 2.45) is 4.99 Å². The van der Waals surface area contributed by atoms with E-state index in [9.17, 15) is 4.79 Å². The molecule has 1 amide bonds. The number of fused-ring (bicyclic) bond motifs is 1. The summed E-state index contributed by atoms with van der Waals surface area (Å²) < 4.78 is 11.2. The van der Waals surface area contributed by atoms with Gasteiger partial charge in [-0.05, 0) is 42.8 Å². The number of aryl methyl sites for hydroxylation is 1. The van der Waals surface area contributed by atoms with E-state index in [0.717, 1.165) is 27.9 Å². The molecule has 0 fully saturated rings. The lowest BCUT2D eigenvalue weighted by molar-refractivity contribution is 0.0948. The van der Waals surface area contributed by atoms with E-state index in [-0.39, 0.29) is 5.91 Å². The minimum Gasteiger partial charge on any atom is -0.467 e. The van der Waals surface area contributed by atoms with Crippen molar-refractivity contribution in [1.29, 1.82) is 0 Å². The Morgan fingerprint density at radius 2 is 1.78 bits per heavy atom. The molecule has 0 saturated carbocycles. The maximum absolute atomic E-state index is 12.4. The third-order valence-corrected chi connectivity index (χ3v) is 5.23. The Bertz CT molecular complexity index is 1230. The molecular formula is C25H26N4O3. The molecule has 3 N–H and O–H groups in total. The van der Waals surface area contributed by atoms with Crippen molar-refractivity contribution in [1.82, 2.24) is 16.0 Å². The average molecular weight is 431 g/mol. The number of benzene rings is 2. The quantitative estimate of drug-likeness (QED) is 0.303. The first-order chi connectivity index (χ1) is 15.6. The number of rotatable bonds is 7. The number of guanidine groups is 1.